The van der Waals surface area contributed by atoms with Crippen LogP contribution >= 0.6 is 0 Å². The molecule has 124 valence electrons. The van der Waals surface area contributed by atoms with Crippen LogP contribution in [0.15, 0.2) is 34.9 Å². The van der Waals surface area contributed by atoms with E-state index >= 15 is 0 Å². The topological polar surface area (TPSA) is 62.4 Å². The highest BCUT2D eigenvalue weighted by Crippen LogP contribution is 2.30. The van der Waals surface area contributed by atoms with E-state index in [0.717, 1.165) is 31.6 Å². The number of rotatable bonds is 6. The molecule has 5 nitrogen and oxygen atoms in total. The molecule has 3 atom stereocenters. The molecule has 0 saturated carbocycles. The number of aliphatic hydroxyl groups is 1. The molecule has 0 aliphatic carbocycles. The largest absolute Gasteiger partial charge is 0.393 e. The molecule has 1 aliphatic rings. The molecule has 1 aliphatic heterocycles. The van der Waals surface area contributed by atoms with Crippen LogP contribution in [0.1, 0.15) is 56.4 Å². The highest BCUT2D eigenvalue weighted by atomic mass is 16.5. The quantitative estimate of drug-likeness (QED) is 0.888. The molecule has 23 heavy (non-hydrogen) atoms. The lowest BCUT2D eigenvalue weighted by molar-refractivity contribution is 0.102. The van der Waals surface area contributed by atoms with E-state index in [1.54, 1.807) is 0 Å². The van der Waals surface area contributed by atoms with E-state index in [4.69, 9.17) is 4.52 Å². The minimum Gasteiger partial charge on any atom is -0.393 e. The number of nitrogens with zero attached hydrogens (tertiary/aromatic N) is 3. The van der Waals surface area contributed by atoms with Crippen LogP contribution in [-0.4, -0.2) is 38.8 Å². The first kappa shape index (κ1) is 16.1. The molecular formula is C18H25N3O2. The second-order valence-corrected chi connectivity index (χ2v) is 6.51. The Morgan fingerprint density at radius 1 is 1.30 bits per heavy atom. The van der Waals surface area contributed by atoms with E-state index in [9.17, 15) is 5.11 Å². The Labute approximate surface area is 137 Å². The minimum absolute atomic E-state index is 0.0956. The number of aromatic nitrogens is 2. The van der Waals surface area contributed by atoms with E-state index < -0.39 is 0 Å². The molecular weight excluding hydrogens is 290 g/mol. The summed E-state index contributed by atoms with van der Waals surface area (Å²) in [6.45, 7) is 4.99. The summed E-state index contributed by atoms with van der Waals surface area (Å²) in [7, 11) is 0. The molecule has 1 aromatic carbocycles. The van der Waals surface area contributed by atoms with Crippen LogP contribution in [0.25, 0.3) is 0 Å². The summed E-state index contributed by atoms with van der Waals surface area (Å²) in [4.78, 5) is 6.96. The van der Waals surface area contributed by atoms with Crippen molar-refractivity contribution >= 4 is 0 Å². The second-order valence-electron chi connectivity index (χ2n) is 6.51. The second kappa shape index (κ2) is 7.23. The first-order chi connectivity index (χ1) is 11.1. The molecule has 1 N–H and O–H groups in total. The zero-order valence-corrected chi connectivity index (χ0v) is 13.9. The van der Waals surface area contributed by atoms with Crippen molar-refractivity contribution in [2.24, 2.45) is 0 Å². The number of aliphatic hydroxyl groups excluding tert-OH is 1. The molecule has 0 radical (unpaired) electrons. The van der Waals surface area contributed by atoms with Gasteiger partial charge in [-0.1, -0.05) is 35.5 Å². The van der Waals surface area contributed by atoms with E-state index in [2.05, 4.69) is 34.1 Å². The lowest BCUT2D eigenvalue weighted by Gasteiger charge is -2.29. The van der Waals surface area contributed by atoms with Gasteiger partial charge in [0.2, 0.25) is 5.89 Å². The van der Waals surface area contributed by atoms with E-state index in [-0.39, 0.29) is 12.1 Å². The fraction of sp³-hybridized carbons (Fsp3) is 0.556. The van der Waals surface area contributed by atoms with Crippen LogP contribution < -0.4 is 0 Å². The highest BCUT2D eigenvalue weighted by molar-refractivity contribution is 5.18. The van der Waals surface area contributed by atoms with Crippen molar-refractivity contribution < 1.29 is 9.63 Å². The van der Waals surface area contributed by atoms with Gasteiger partial charge in [0.25, 0.3) is 0 Å². The monoisotopic (exact) mass is 315 g/mol. The van der Waals surface area contributed by atoms with Crippen molar-refractivity contribution in [3.8, 4) is 0 Å². The Morgan fingerprint density at radius 2 is 2.09 bits per heavy atom. The molecule has 2 heterocycles. The minimum atomic E-state index is -0.274. The van der Waals surface area contributed by atoms with Crippen molar-refractivity contribution in [1.29, 1.82) is 0 Å². The normalized spacial score (nSPS) is 21.4. The van der Waals surface area contributed by atoms with Crippen molar-refractivity contribution in [1.82, 2.24) is 15.0 Å². The first-order valence-electron chi connectivity index (χ1n) is 8.43. The predicted molar refractivity (Wildman–Crippen MR) is 88.0 cm³/mol. The Bertz CT molecular complexity index is 612. The molecule has 1 fully saturated rings. The number of likely N-dealkylation sites (tertiary alicyclic amines) is 1. The van der Waals surface area contributed by atoms with Crippen molar-refractivity contribution in [2.45, 2.75) is 57.7 Å². The third kappa shape index (κ3) is 3.98. The summed E-state index contributed by atoms with van der Waals surface area (Å²) in [6.07, 6.45) is 3.50. The molecule has 0 amide bonds. The van der Waals surface area contributed by atoms with Crippen LogP contribution in [0.4, 0.5) is 0 Å². The van der Waals surface area contributed by atoms with Gasteiger partial charge in [-0.05, 0) is 45.2 Å². The maximum atomic E-state index is 9.67. The first-order valence-corrected chi connectivity index (χ1v) is 8.43. The van der Waals surface area contributed by atoms with Crippen molar-refractivity contribution in [3.05, 3.63) is 47.6 Å². The summed E-state index contributed by atoms with van der Waals surface area (Å²) < 4.78 is 5.50. The molecule has 5 heteroatoms. The molecule has 1 saturated heterocycles. The molecule has 3 unspecified atom stereocenters. The van der Waals surface area contributed by atoms with Gasteiger partial charge in [0.05, 0.1) is 12.1 Å². The Hall–Kier alpha value is -1.72. The lowest BCUT2D eigenvalue weighted by Crippen LogP contribution is -2.34. The van der Waals surface area contributed by atoms with Gasteiger partial charge in [-0.3, -0.25) is 4.90 Å². The van der Waals surface area contributed by atoms with Crippen LogP contribution in [-0.2, 0) is 6.42 Å². The zero-order chi connectivity index (χ0) is 16.2. The standard InChI is InChI=1S/C18H25N3O2/c1-13(22)11-16-9-6-10-21(16)14(2)18-19-17(20-23-18)12-15-7-4-3-5-8-15/h3-5,7-8,13-14,16,22H,6,9-12H2,1-2H3. The summed E-state index contributed by atoms with van der Waals surface area (Å²) in [5.41, 5.74) is 1.18. The van der Waals surface area contributed by atoms with E-state index in [1.165, 1.54) is 5.56 Å². The van der Waals surface area contributed by atoms with Crippen molar-refractivity contribution in [3.63, 3.8) is 0 Å². The van der Waals surface area contributed by atoms with Gasteiger partial charge < -0.3 is 9.63 Å². The van der Waals surface area contributed by atoms with E-state index in [1.807, 2.05) is 25.1 Å². The van der Waals surface area contributed by atoms with E-state index in [0.29, 0.717) is 18.4 Å². The zero-order valence-electron chi connectivity index (χ0n) is 13.9. The summed E-state index contributed by atoms with van der Waals surface area (Å²) in [6, 6.07) is 10.7. The van der Waals surface area contributed by atoms with Crippen LogP contribution in [0.5, 0.6) is 0 Å². The molecule has 2 aromatic rings. The molecule has 3 rings (SSSR count). The van der Waals surface area contributed by atoms with Gasteiger partial charge in [-0.2, -0.15) is 4.98 Å². The smallest absolute Gasteiger partial charge is 0.243 e. The number of hydrogen-bond acceptors (Lipinski definition) is 5. The highest BCUT2D eigenvalue weighted by Gasteiger charge is 2.32. The fourth-order valence-electron chi connectivity index (χ4n) is 3.44. The molecule has 0 spiro atoms. The SMILES string of the molecule is CC(O)CC1CCCN1C(C)c1nc(Cc2ccccc2)no1. The number of benzene rings is 1. The lowest BCUT2D eigenvalue weighted by atomic mass is 10.1. The Balaban J connectivity index is 1.67. The third-order valence-corrected chi connectivity index (χ3v) is 4.58. The molecule has 0 bridgehead atoms. The maximum absolute atomic E-state index is 9.67. The van der Waals surface area contributed by atoms with Crippen LogP contribution in [0.3, 0.4) is 0 Å². The molecule has 1 aromatic heterocycles. The van der Waals surface area contributed by atoms with Crippen molar-refractivity contribution in [2.75, 3.05) is 6.54 Å². The van der Waals surface area contributed by atoms with Gasteiger partial charge in [0.1, 0.15) is 0 Å². The van der Waals surface area contributed by atoms with Gasteiger partial charge in [-0.15, -0.1) is 0 Å². The summed E-state index contributed by atoms with van der Waals surface area (Å²) in [5.74, 6) is 1.40. The predicted octanol–water partition coefficient (Wildman–Crippen LogP) is 2.96. The third-order valence-electron chi connectivity index (χ3n) is 4.58. The Morgan fingerprint density at radius 3 is 2.83 bits per heavy atom. The average molecular weight is 315 g/mol. The van der Waals surface area contributed by atoms with Gasteiger partial charge in [0, 0.05) is 12.5 Å². The average Bonchev–Trinajstić information content (AvgIpc) is 3.17. The number of hydrogen-bond donors (Lipinski definition) is 1. The van der Waals surface area contributed by atoms with Gasteiger partial charge in [0.15, 0.2) is 5.82 Å². The van der Waals surface area contributed by atoms with Crippen LogP contribution in [0.2, 0.25) is 0 Å². The fourth-order valence-corrected chi connectivity index (χ4v) is 3.44. The summed E-state index contributed by atoms with van der Waals surface area (Å²) >= 11 is 0. The van der Waals surface area contributed by atoms with Crippen LogP contribution in [0, 0.1) is 0 Å². The summed E-state index contributed by atoms with van der Waals surface area (Å²) in [5, 5.41) is 13.8. The van der Waals surface area contributed by atoms with Gasteiger partial charge in [-0.25, -0.2) is 0 Å². The Kier molecular flexibility index (Phi) is 5.08. The maximum Gasteiger partial charge on any atom is 0.243 e. The van der Waals surface area contributed by atoms with Gasteiger partial charge >= 0.3 is 0 Å².